The van der Waals surface area contributed by atoms with Crippen LogP contribution >= 0.6 is 0 Å². The molecule has 0 spiro atoms. The molecule has 2 aromatic rings. The van der Waals surface area contributed by atoms with Gasteiger partial charge in [0.25, 0.3) is 5.91 Å². The van der Waals surface area contributed by atoms with Gasteiger partial charge in [0.15, 0.2) is 0 Å². The molecule has 5 heteroatoms. The smallest absolute Gasteiger partial charge is 0.269 e. The molecule has 0 aliphatic heterocycles. The summed E-state index contributed by atoms with van der Waals surface area (Å²) >= 11 is 0. The highest BCUT2D eigenvalue weighted by molar-refractivity contribution is 5.93. The molecule has 0 radical (unpaired) electrons. The highest BCUT2D eigenvalue weighted by atomic mass is 16.5. The van der Waals surface area contributed by atoms with E-state index in [2.05, 4.69) is 36.4 Å². The molecule has 5 nitrogen and oxygen atoms in total. The Labute approximate surface area is 167 Å². The van der Waals surface area contributed by atoms with Gasteiger partial charge in [0, 0.05) is 19.0 Å². The zero-order chi connectivity index (χ0) is 19.8. The van der Waals surface area contributed by atoms with Crippen molar-refractivity contribution in [2.75, 3.05) is 7.11 Å². The number of aryl methyl sites for hydroxylation is 1. The van der Waals surface area contributed by atoms with E-state index in [4.69, 9.17) is 4.74 Å². The van der Waals surface area contributed by atoms with Crippen LogP contribution in [0.4, 0.5) is 0 Å². The van der Waals surface area contributed by atoms with E-state index in [-0.39, 0.29) is 11.9 Å². The van der Waals surface area contributed by atoms with E-state index in [0.717, 1.165) is 11.4 Å². The van der Waals surface area contributed by atoms with E-state index in [9.17, 15) is 4.79 Å². The monoisotopic (exact) mass is 381 g/mol. The van der Waals surface area contributed by atoms with Gasteiger partial charge in [0.2, 0.25) is 0 Å². The summed E-state index contributed by atoms with van der Waals surface area (Å²) in [6.07, 6.45) is 5.04. The number of hydrogen-bond acceptors (Lipinski definition) is 3. The maximum atomic E-state index is 13.1. The number of amides is 1. The van der Waals surface area contributed by atoms with Crippen LogP contribution in [0, 0.1) is 11.8 Å². The van der Waals surface area contributed by atoms with E-state index < -0.39 is 0 Å². The van der Waals surface area contributed by atoms with Crippen molar-refractivity contribution >= 4 is 5.91 Å². The average Bonchev–Trinajstić information content (AvgIpc) is 3.09. The summed E-state index contributed by atoms with van der Waals surface area (Å²) in [6, 6.07) is 10.5. The molecule has 0 saturated heterocycles. The number of aromatic nitrogens is 2. The van der Waals surface area contributed by atoms with Gasteiger partial charge >= 0.3 is 0 Å². The first kappa shape index (κ1) is 19.0. The van der Waals surface area contributed by atoms with Gasteiger partial charge < -0.3 is 10.1 Å². The minimum Gasteiger partial charge on any atom is -0.497 e. The molecule has 2 aliphatic carbocycles. The lowest BCUT2D eigenvalue weighted by Crippen LogP contribution is -2.59. The maximum absolute atomic E-state index is 13.1. The molecule has 150 valence electrons. The van der Waals surface area contributed by atoms with Gasteiger partial charge in [-0.05, 0) is 54.4 Å². The predicted molar refractivity (Wildman–Crippen MR) is 110 cm³/mol. The molecule has 28 heavy (non-hydrogen) atoms. The third kappa shape index (κ3) is 3.31. The molecule has 0 bridgehead atoms. The van der Waals surface area contributed by atoms with Crippen LogP contribution in [0.25, 0.3) is 0 Å². The molecule has 0 unspecified atom stereocenters. The molecular formula is C23H31N3O2. The zero-order valence-corrected chi connectivity index (χ0v) is 17.3. The molecule has 2 saturated carbocycles. The molecule has 1 aromatic carbocycles. The van der Waals surface area contributed by atoms with Crippen LogP contribution in [0.5, 0.6) is 5.75 Å². The van der Waals surface area contributed by atoms with Gasteiger partial charge in [-0.1, -0.05) is 38.8 Å². The lowest BCUT2D eigenvalue weighted by atomic mass is 9.53. The van der Waals surface area contributed by atoms with E-state index in [1.54, 1.807) is 11.8 Å². The second-order valence-corrected chi connectivity index (χ2v) is 8.64. The van der Waals surface area contributed by atoms with E-state index in [1.165, 1.54) is 31.2 Å². The number of fused-ring (bicyclic) bond motifs is 1. The minimum absolute atomic E-state index is 0.00515. The Hall–Kier alpha value is -2.30. The van der Waals surface area contributed by atoms with Crippen molar-refractivity contribution in [1.29, 1.82) is 0 Å². The second kappa shape index (κ2) is 7.61. The summed E-state index contributed by atoms with van der Waals surface area (Å²) < 4.78 is 7.02. The highest BCUT2D eigenvalue weighted by Gasteiger charge is 2.51. The average molecular weight is 382 g/mol. The number of rotatable bonds is 5. The Morgan fingerprint density at radius 3 is 2.46 bits per heavy atom. The topological polar surface area (TPSA) is 56.1 Å². The molecule has 4 rings (SSSR count). The van der Waals surface area contributed by atoms with Crippen LogP contribution < -0.4 is 10.1 Å². The number of nitrogens with one attached hydrogen (secondary N) is 1. The zero-order valence-electron chi connectivity index (χ0n) is 17.3. The molecule has 2 aliphatic rings. The molecule has 1 aromatic heterocycles. The summed E-state index contributed by atoms with van der Waals surface area (Å²) in [6.45, 7) is 4.20. The Morgan fingerprint density at radius 2 is 1.86 bits per heavy atom. The number of carbonyl (C=O) groups is 1. The standard InChI is InChI=1S/C23H31N3O2/c1-14(2)19-13-20(26(3)25-19)23(27)24-22-18-8-6-5-7-17(18)21(22)15-9-11-16(28-4)12-10-15/h9-14,17-18,21-22H,5-8H2,1-4H3,(H,24,27)/t17-,18-,21+,22+/m1/s1. The first-order chi connectivity index (χ1) is 13.5. The summed E-state index contributed by atoms with van der Waals surface area (Å²) in [7, 11) is 3.55. The van der Waals surface area contributed by atoms with Crippen LogP contribution in [0.15, 0.2) is 30.3 Å². The van der Waals surface area contributed by atoms with Crippen molar-refractivity contribution in [2.45, 2.75) is 57.4 Å². The fraction of sp³-hybridized carbons (Fsp3) is 0.565. The number of hydrogen-bond donors (Lipinski definition) is 1. The Bertz CT molecular complexity index is 840. The first-order valence-corrected chi connectivity index (χ1v) is 10.5. The Morgan fingerprint density at radius 1 is 1.18 bits per heavy atom. The van der Waals surface area contributed by atoms with Crippen molar-refractivity contribution in [3.8, 4) is 5.75 Å². The van der Waals surface area contributed by atoms with E-state index in [1.807, 2.05) is 25.2 Å². The first-order valence-electron chi connectivity index (χ1n) is 10.5. The number of benzene rings is 1. The number of methoxy groups -OCH3 is 1. The molecule has 1 amide bonds. The van der Waals surface area contributed by atoms with Crippen LogP contribution in [-0.4, -0.2) is 28.8 Å². The van der Waals surface area contributed by atoms with Crippen molar-refractivity contribution in [1.82, 2.24) is 15.1 Å². The van der Waals surface area contributed by atoms with Crippen molar-refractivity contribution < 1.29 is 9.53 Å². The fourth-order valence-electron chi connectivity index (χ4n) is 5.15. The molecule has 2 fully saturated rings. The van der Waals surface area contributed by atoms with Gasteiger partial charge in [-0.25, -0.2) is 0 Å². The predicted octanol–water partition coefficient (Wildman–Crippen LogP) is 4.25. The minimum atomic E-state index is -0.00515. The lowest BCUT2D eigenvalue weighted by Gasteiger charge is -2.55. The summed E-state index contributed by atoms with van der Waals surface area (Å²) in [5, 5.41) is 7.87. The highest BCUT2D eigenvalue weighted by Crippen LogP contribution is 2.54. The van der Waals surface area contributed by atoms with Crippen LogP contribution in [0.1, 0.15) is 73.1 Å². The largest absolute Gasteiger partial charge is 0.497 e. The molecule has 1 N–H and O–H groups in total. The van der Waals surface area contributed by atoms with Gasteiger partial charge in [-0.3, -0.25) is 9.48 Å². The van der Waals surface area contributed by atoms with E-state index >= 15 is 0 Å². The quantitative estimate of drug-likeness (QED) is 0.842. The SMILES string of the molecule is COc1ccc([C@H]2[C@@H]3CCCC[C@H]3[C@@H]2NC(=O)c2cc(C(C)C)nn2C)cc1. The van der Waals surface area contributed by atoms with Crippen molar-refractivity contribution in [3.63, 3.8) is 0 Å². The number of nitrogens with zero attached hydrogens (tertiary/aromatic N) is 2. The summed E-state index contributed by atoms with van der Waals surface area (Å²) in [4.78, 5) is 13.1. The maximum Gasteiger partial charge on any atom is 0.269 e. The molecular weight excluding hydrogens is 350 g/mol. The Balaban J connectivity index is 1.56. The lowest BCUT2D eigenvalue weighted by molar-refractivity contribution is 0.0249. The summed E-state index contributed by atoms with van der Waals surface area (Å²) in [5.41, 5.74) is 2.92. The van der Waals surface area contributed by atoms with E-state index in [0.29, 0.717) is 29.4 Å². The van der Waals surface area contributed by atoms with Gasteiger partial charge in [-0.2, -0.15) is 5.10 Å². The van der Waals surface area contributed by atoms with Crippen molar-refractivity contribution in [2.24, 2.45) is 18.9 Å². The third-order valence-corrected chi connectivity index (χ3v) is 6.71. The molecule has 4 atom stereocenters. The van der Waals surface area contributed by atoms with Crippen LogP contribution in [-0.2, 0) is 7.05 Å². The second-order valence-electron chi connectivity index (χ2n) is 8.64. The van der Waals surface area contributed by atoms with Gasteiger partial charge in [0.1, 0.15) is 11.4 Å². The van der Waals surface area contributed by atoms with Gasteiger partial charge in [0.05, 0.1) is 12.8 Å². The number of carbonyl (C=O) groups excluding carboxylic acids is 1. The fourth-order valence-corrected chi connectivity index (χ4v) is 5.15. The van der Waals surface area contributed by atoms with Crippen LogP contribution in [0.2, 0.25) is 0 Å². The van der Waals surface area contributed by atoms with Crippen molar-refractivity contribution in [3.05, 3.63) is 47.3 Å². The Kier molecular flexibility index (Phi) is 5.17. The summed E-state index contributed by atoms with van der Waals surface area (Å²) in [5.74, 6) is 2.83. The third-order valence-electron chi connectivity index (χ3n) is 6.71. The molecule has 1 heterocycles. The van der Waals surface area contributed by atoms with Crippen LogP contribution in [0.3, 0.4) is 0 Å². The normalized spacial score (nSPS) is 26.5. The number of ether oxygens (including phenoxy) is 1. The van der Waals surface area contributed by atoms with Gasteiger partial charge in [-0.15, -0.1) is 0 Å².